The van der Waals surface area contributed by atoms with Gasteiger partial charge in [0.25, 0.3) is 0 Å². The van der Waals surface area contributed by atoms with Crippen LogP contribution in [0.15, 0.2) is 57.9 Å². The Kier molecular flexibility index (Phi) is 2.93. The molecule has 0 fully saturated rings. The number of hydrogen-bond acceptors (Lipinski definition) is 3. The molecule has 0 amide bonds. The van der Waals surface area contributed by atoms with Crippen molar-refractivity contribution in [2.45, 2.75) is 0 Å². The van der Waals surface area contributed by atoms with Crippen LogP contribution >= 0.6 is 11.6 Å². The van der Waals surface area contributed by atoms with E-state index in [9.17, 15) is 0 Å². The van der Waals surface area contributed by atoms with Gasteiger partial charge in [-0.2, -0.15) is 9.98 Å². The average Bonchev–Trinajstić information content (AvgIpc) is 2.81. The lowest BCUT2D eigenvalue weighted by atomic mass is 10.2. The minimum atomic E-state index is 0.221. The van der Waals surface area contributed by atoms with Crippen LogP contribution in [0.2, 0.25) is 5.02 Å². The van der Waals surface area contributed by atoms with Crippen LogP contribution in [0.25, 0.3) is 11.1 Å². The van der Waals surface area contributed by atoms with Crippen molar-refractivity contribution in [3.8, 4) is 0 Å². The van der Waals surface area contributed by atoms with Crippen LogP contribution in [-0.4, -0.2) is 10.8 Å². The van der Waals surface area contributed by atoms with Crippen molar-refractivity contribution in [3.63, 3.8) is 0 Å². The number of amidine groups is 1. The molecule has 3 aromatic rings. The van der Waals surface area contributed by atoms with Gasteiger partial charge in [-0.05, 0) is 24.3 Å². The maximum Gasteiger partial charge on any atom is 0.324 e. The molecule has 0 unspecified atom stereocenters. The lowest BCUT2D eigenvalue weighted by Crippen LogP contribution is -2.13. The summed E-state index contributed by atoms with van der Waals surface area (Å²) in [5.74, 6) is 0.275. The van der Waals surface area contributed by atoms with E-state index in [2.05, 4.69) is 9.98 Å². The minimum absolute atomic E-state index is 0.221. The van der Waals surface area contributed by atoms with Gasteiger partial charge in [0.2, 0.25) is 0 Å². The second-order valence-electron chi connectivity index (χ2n) is 3.94. The third kappa shape index (κ3) is 2.30. The summed E-state index contributed by atoms with van der Waals surface area (Å²) in [7, 11) is 0. The first-order chi connectivity index (χ1) is 9.24. The summed E-state index contributed by atoms with van der Waals surface area (Å²) in [4.78, 5) is 8.39. The maximum atomic E-state index is 6.05. The van der Waals surface area contributed by atoms with Crippen LogP contribution in [0.4, 0.5) is 6.01 Å². The fraction of sp³-hybridized carbons (Fsp3) is 0. The molecule has 0 radical (unpaired) electrons. The van der Waals surface area contributed by atoms with E-state index in [1.54, 1.807) is 12.1 Å². The Morgan fingerprint density at radius 2 is 1.84 bits per heavy atom. The van der Waals surface area contributed by atoms with E-state index in [0.29, 0.717) is 16.2 Å². The zero-order chi connectivity index (χ0) is 13.2. The fourth-order valence-electron chi connectivity index (χ4n) is 1.74. The molecule has 5 heteroatoms. The molecule has 0 atom stereocenters. The monoisotopic (exact) mass is 271 g/mol. The molecule has 2 aromatic carbocycles. The maximum absolute atomic E-state index is 6.05. The molecule has 0 aliphatic heterocycles. The highest BCUT2D eigenvalue weighted by molar-refractivity contribution is 6.34. The summed E-state index contributed by atoms with van der Waals surface area (Å²) in [6, 6.07) is 14.9. The number of rotatable bonds is 2. The fourth-order valence-corrected chi connectivity index (χ4v) is 1.97. The lowest BCUT2D eigenvalue weighted by molar-refractivity contribution is 0.613. The van der Waals surface area contributed by atoms with Crippen LogP contribution in [0.1, 0.15) is 5.56 Å². The number of nitrogens with two attached hydrogens (primary N) is 1. The molecular formula is C14H10ClN3O. The highest BCUT2D eigenvalue weighted by Crippen LogP contribution is 2.22. The first-order valence-electron chi connectivity index (χ1n) is 5.69. The van der Waals surface area contributed by atoms with E-state index in [4.69, 9.17) is 21.8 Å². The van der Waals surface area contributed by atoms with Gasteiger partial charge < -0.3 is 10.2 Å². The zero-order valence-corrected chi connectivity index (χ0v) is 10.6. The van der Waals surface area contributed by atoms with E-state index >= 15 is 0 Å². The van der Waals surface area contributed by atoms with Gasteiger partial charge in [0, 0.05) is 5.56 Å². The van der Waals surface area contributed by atoms with E-state index in [-0.39, 0.29) is 11.9 Å². The highest BCUT2D eigenvalue weighted by atomic mass is 35.5. The van der Waals surface area contributed by atoms with E-state index in [0.717, 1.165) is 5.52 Å². The molecule has 0 spiro atoms. The van der Waals surface area contributed by atoms with E-state index in [1.165, 1.54) is 0 Å². The molecule has 4 nitrogen and oxygen atoms in total. The van der Waals surface area contributed by atoms with Crippen molar-refractivity contribution >= 4 is 34.6 Å². The van der Waals surface area contributed by atoms with Gasteiger partial charge >= 0.3 is 6.01 Å². The summed E-state index contributed by atoms with van der Waals surface area (Å²) >= 11 is 6.05. The molecule has 94 valence electrons. The average molecular weight is 272 g/mol. The summed E-state index contributed by atoms with van der Waals surface area (Å²) in [5.41, 5.74) is 7.99. The number of aliphatic imine (C=N–C) groups is 1. The Hall–Kier alpha value is -2.33. The Balaban J connectivity index is 2.03. The van der Waals surface area contributed by atoms with Crippen LogP contribution < -0.4 is 5.73 Å². The number of aromatic nitrogens is 1. The summed E-state index contributed by atoms with van der Waals surface area (Å²) < 4.78 is 5.48. The van der Waals surface area contributed by atoms with Crippen molar-refractivity contribution in [2.75, 3.05) is 0 Å². The molecule has 2 N–H and O–H groups in total. The van der Waals surface area contributed by atoms with Crippen molar-refractivity contribution in [2.24, 2.45) is 10.7 Å². The van der Waals surface area contributed by atoms with Gasteiger partial charge in [-0.3, -0.25) is 0 Å². The normalized spacial score (nSPS) is 11.9. The lowest BCUT2D eigenvalue weighted by Gasteiger charge is -2.01. The third-order valence-corrected chi connectivity index (χ3v) is 2.98. The van der Waals surface area contributed by atoms with E-state index < -0.39 is 0 Å². The standard InChI is InChI=1S/C14H10ClN3O/c15-10-6-2-1-5-9(10)13(16)18-14-17-11-7-3-4-8-12(11)19-14/h1-8H,(H2,16,17,18). The van der Waals surface area contributed by atoms with Gasteiger partial charge in [-0.1, -0.05) is 35.9 Å². The quantitative estimate of drug-likeness (QED) is 0.573. The van der Waals surface area contributed by atoms with Crippen molar-refractivity contribution in [3.05, 3.63) is 59.1 Å². The number of fused-ring (bicyclic) bond motifs is 1. The molecule has 0 aliphatic carbocycles. The molecule has 0 saturated heterocycles. The Labute approximate surface area is 114 Å². The number of para-hydroxylation sites is 2. The Bertz CT molecular complexity index is 731. The number of benzene rings is 2. The number of hydrogen-bond donors (Lipinski definition) is 1. The molecule has 3 rings (SSSR count). The van der Waals surface area contributed by atoms with Gasteiger partial charge in [0.05, 0.1) is 5.02 Å². The molecular weight excluding hydrogens is 262 g/mol. The van der Waals surface area contributed by atoms with Crippen molar-refractivity contribution < 1.29 is 4.42 Å². The molecule has 1 heterocycles. The minimum Gasteiger partial charge on any atom is -0.422 e. The smallest absolute Gasteiger partial charge is 0.324 e. The molecule has 19 heavy (non-hydrogen) atoms. The molecule has 0 saturated carbocycles. The molecule has 0 bridgehead atoms. The van der Waals surface area contributed by atoms with Crippen LogP contribution in [0, 0.1) is 0 Å². The van der Waals surface area contributed by atoms with E-state index in [1.807, 2.05) is 36.4 Å². The SMILES string of the molecule is N/C(=N\c1nc2ccccc2o1)c1ccccc1Cl. The van der Waals surface area contributed by atoms with Crippen LogP contribution in [-0.2, 0) is 0 Å². The van der Waals surface area contributed by atoms with Crippen molar-refractivity contribution in [1.29, 1.82) is 0 Å². The zero-order valence-electron chi connectivity index (χ0n) is 9.88. The number of nitrogens with zero attached hydrogens (tertiary/aromatic N) is 2. The summed E-state index contributed by atoms with van der Waals surface area (Å²) in [6.45, 7) is 0. The topological polar surface area (TPSA) is 64.4 Å². The first kappa shape index (κ1) is 11.7. The van der Waals surface area contributed by atoms with Crippen LogP contribution in [0.3, 0.4) is 0 Å². The second kappa shape index (κ2) is 4.74. The van der Waals surface area contributed by atoms with Gasteiger partial charge in [-0.25, -0.2) is 0 Å². The summed E-state index contributed by atoms with van der Waals surface area (Å²) in [6.07, 6.45) is 0. The van der Waals surface area contributed by atoms with Gasteiger partial charge in [0.15, 0.2) is 5.58 Å². The molecule has 1 aromatic heterocycles. The Morgan fingerprint density at radius 1 is 1.11 bits per heavy atom. The predicted octanol–water partition coefficient (Wildman–Crippen LogP) is 3.52. The first-order valence-corrected chi connectivity index (χ1v) is 6.06. The highest BCUT2D eigenvalue weighted by Gasteiger charge is 2.07. The largest absolute Gasteiger partial charge is 0.422 e. The van der Waals surface area contributed by atoms with Gasteiger partial charge in [0.1, 0.15) is 11.4 Å². The van der Waals surface area contributed by atoms with Crippen LogP contribution in [0.5, 0.6) is 0 Å². The Morgan fingerprint density at radius 3 is 2.63 bits per heavy atom. The van der Waals surface area contributed by atoms with Gasteiger partial charge in [-0.15, -0.1) is 0 Å². The predicted molar refractivity (Wildman–Crippen MR) is 75.8 cm³/mol. The second-order valence-corrected chi connectivity index (χ2v) is 4.35. The number of halogens is 1. The molecule has 0 aliphatic rings. The van der Waals surface area contributed by atoms with Crippen molar-refractivity contribution in [1.82, 2.24) is 4.98 Å². The summed E-state index contributed by atoms with van der Waals surface area (Å²) in [5, 5.41) is 0.542. The number of oxazole rings is 1. The third-order valence-electron chi connectivity index (χ3n) is 2.65.